The van der Waals surface area contributed by atoms with E-state index < -0.39 is 5.97 Å². The number of carbonyl (C=O) groups is 1. The van der Waals surface area contributed by atoms with Crippen LogP contribution in [0.3, 0.4) is 0 Å². The fourth-order valence-corrected chi connectivity index (χ4v) is 5.69. The van der Waals surface area contributed by atoms with Gasteiger partial charge in [-0.25, -0.2) is 9.97 Å². The quantitative estimate of drug-likeness (QED) is 0.739. The topological polar surface area (TPSA) is 78.4 Å². The highest BCUT2D eigenvalue weighted by molar-refractivity contribution is 6.28. The Kier molecular flexibility index (Phi) is 4.82. The standard InChI is InChI=1S/C22H25ClN4O2/c23-22-25-17(24-20-15-7-5-14(6-8-15)19(20)21(28)29)11-18(26-22)27-10-9-13-3-1-2-4-16(13)12-27/h1-4,11,14-15,19-20H,5-10,12H2,(H,28,29)(H,24,25,26). The van der Waals surface area contributed by atoms with Crippen LogP contribution < -0.4 is 10.2 Å². The van der Waals surface area contributed by atoms with E-state index in [-0.39, 0.29) is 23.2 Å². The largest absolute Gasteiger partial charge is 0.481 e. The summed E-state index contributed by atoms with van der Waals surface area (Å²) in [6, 6.07) is 10.3. The molecule has 1 aliphatic heterocycles. The summed E-state index contributed by atoms with van der Waals surface area (Å²) in [5.41, 5.74) is 2.68. The van der Waals surface area contributed by atoms with Gasteiger partial charge < -0.3 is 15.3 Å². The van der Waals surface area contributed by atoms with Gasteiger partial charge in [-0.2, -0.15) is 0 Å². The first-order chi connectivity index (χ1) is 14.1. The number of hydrogen-bond acceptors (Lipinski definition) is 5. The SMILES string of the molecule is O=C(O)C1C2CCC(CC2)C1Nc1cc(N2CCc3ccccc3C2)nc(Cl)n1. The first-order valence-corrected chi connectivity index (χ1v) is 10.8. The molecule has 3 fully saturated rings. The van der Waals surface area contributed by atoms with Gasteiger partial charge in [0.1, 0.15) is 11.6 Å². The molecule has 152 valence electrons. The fraction of sp³-hybridized carbons (Fsp3) is 0.500. The van der Waals surface area contributed by atoms with E-state index in [1.165, 1.54) is 11.1 Å². The van der Waals surface area contributed by atoms with Crippen molar-refractivity contribution in [1.29, 1.82) is 0 Å². The van der Waals surface area contributed by atoms with Crippen LogP contribution in [0.25, 0.3) is 0 Å². The van der Waals surface area contributed by atoms with E-state index in [1.54, 1.807) is 0 Å². The van der Waals surface area contributed by atoms with E-state index in [1.807, 2.05) is 6.07 Å². The summed E-state index contributed by atoms with van der Waals surface area (Å²) in [7, 11) is 0. The minimum absolute atomic E-state index is 0.0964. The Hall–Kier alpha value is -2.34. The van der Waals surface area contributed by atoms with Crippen LogP contribution in [0.1, 0.15) is 36.8 Å². The molecule has 0 radical (unpaired) electrons. The van der Waals surface area contributed by atoms with Crippen molar-refractivity contribution in [2.24, 2.45) is 17.8 Å². The van der Waals surface area contributed by atoms with Crippen molar-refractivity contribution < 1.29 is 9.90 Å². The molecule has 0 spiro atoms. The minimum Gasteiger partial charge on any atom is -0.481 e. The number of aromatic nitrogens is 2. The van der Waals surface area contributed by atoms with Gasteiger partial charge in [0, 0.05) is 25.2 Å². The van der Waals surface area contributed by atoms with Crippen LogP contribution in [0, 0.1) is 17.8 Å². The Balaban J connectivity index is 1.39. The molecular weight excluding hydrogens is 388 g/mol. The van der Waals surface area contributed by atoms with Crippen molar-refractivity contribution in [2.45, 2.75) is 44.7 Å². The average molecular weight is 413 g/mol. The van der Waals surface area contributed by atoms with E-state index in [9.17, 15) is 9.90 Å². The molecule has 2 bridgehead atoms. The summed E-state index contributed by atoms with van der Waals surface area (Å²) < 4.78 is 0. The summed E-state index contributed by atoms with van der Waals surface area (Å²) in [4.78, 5) is 23.0. The summed E-state index contributed by atoms with van der Waals surface area (Å²) >= 11 is 6.26. The second-order valence-electron chi connectivity index (χ2n) is 8.53. The van der Waals surface area contributed by atoms with Crippen LogP contribution >= 0.6 is 11.6 Å². The molecule has 6 nitrogen and oxygen atoms in total. The molecule has 2 atom stereocenters. The van der Waals surface area contributed by atoms with Crippen molar-refractivity contribution in [3.63, 3.8) is 0 Å². The maximum Gasteiger partial charge on any atom is 0.308 e. The van der Waals surface area contributed by atoms with Crippen LogP contribution in [0.15, 0.2) is 30.3 Å². The van der Waals surface area contributed by atoms with Gasteiger partial charge in [-0.15, -0.1) is 0 Å². The molecule has 4 aliphatic rings. The van der Waals surface area contributed by atoms with Crippen molar-refractivity contribution in [1.82, 2.24) is 9.97 Å². The van der Waals surface area contributed by atoms with Crippen LogP contribution in [0.4, 0.5) is 11.6 Å². The lowest BCUT2D eigenvalue weighted by Crippen LogP contribution is -2.51. The lowest BCUT2D eigenvalue weighted by atomic mass is 9.61. The summed E-state index contributed by atoms with van der Waals surface area (Å²) in [5.74, 6) is 0.981. The highest BCUT2D eigenvalue weighted by Gasteiger charge is 2.47. The number of hydrogen-bond donors (Lipinski definition) is 2. The van der Waals surface area contributed by atoms with Gasteiger partial charge in [0.2, 0.25) is 5.28 Å². The first kappa shape index (κ1) is 18.7. The highest BCUT2D eigenvalue weighted by atomic mass is 35.5. The number of carboxylic acids is 1. The second-order valence-corrected chi connectivity index (χ2v) is 8.87. The van der Waals surface area contributed by atoms with Gasteiger partial charge >= 0.3 is 5.97 Å². The number of benzene rings is 1. The van der Waals surface area contributed by atoms with E-state index in [0.717, 1.165) is 51.0 Å². The third-order valence-electron chi connectivity index (χ3n) is 6.96. The normalized spacial score (nSPS) is 28.1. The fourth-order valence-electron chi connectivity index (χ4n) is 5.52. The predicted octanol–water partition coefficient (Wildman–Crippen LogP) is 3.99. The second kappa shape index (κ2) is 7.48. The van der Waals surface area contributed by atoms with Crippen LogP contribution in [0.2, 0.25) is 5.28 Å². The van der Waals surface area contributed by atoms with Gasteiger partial charge in [-0.1, -0.05) is 24.3 Å². The molecule has 1 aromatic carbocycles. The molecule has 2 heterocycles. The number of nitrogens with zero attached hydrogens (tertiary/aromatic N) is 3. The number of aliphatic carboxylic acids is 1. The van der Waals surface area contributed by atoms with Gasteiger partial charge in [0.25, 0.3) is 0 Å². The third kappa shape index (κ3) is 3.54. The molecule has 3 aliphatic carbocycles. The summed E-state index contributed by atoms with van der Waals surface area (Å²) in [6.07, 6.45) is 5.17. The Morgan fingerprint density at radius 1 is 1.10 bits per heavy atom. The number of halogens is 1. The lowest BCUT2D eigenvalue weighted by Gasteiger charge is -2.47. The van der Waals surface area contributed by atoms with E-state index in [4.69, 9.17) is 11.6 Å². The Bertz CT molecular complexity index is 929. The number of carboxylic acid groups (broad SMARTS) is 1. The van der Waals surface area contributed by atoms with Gasteiger partial charge in [0.15, 0.2) is 0 Å². The molecule has 7 heteroatoms. The predicted molar refractivity (Wildman–Crippen MR) is 112 cm³/mol. The number of rotatable bonds is 4. The number of fused-ring (bicyclic) bond motifs is 4. The third-order valence-corrected chi connectivity index (χ3v) is 7.13. The molecule has 3 saturated carbocycles. The Morgan fingerprint density at radius 3 is 2.59 bits per heavy atom. The average Bonchev–Trinajstić information content (AvgIpc) is 2.73. The Labute approximate surface area is 175 Å². The van der Waals surface area contributed by atoms with Crippen molar-refractivity contribution >= 4 is 29.2 Å². The number of nitrogens with one attached hydrogen (secondary N) is 1. The molecule has 1 aromatic heterocycles. The summed E-state index contributed by atoms with van der Waals surface area (Å²) in [6.45, 7) is 1.66. The first-order valence-electron chi connectivity index (χ1n) is 10.4. The zero-order chi connectivity index (χ0) is 20.0. The van der Waals surface area contributed by atoms with E-state index in [0.29, 0.717) is 11.7 Å². The molecule has 2 unspecified atom stereocenters. The maximum absolute atomic E-state index is 11.9. The van der Waals surface area contributed by atoms with Crippen LogP contribution in [0.5, 0.6) is 0 Å². The van der Waals surface area contributed by atoms with Crippen molar-refractivity contribution in [3.05, 3.63) is 46.7 Å². The molecular formula is C22H25ClN4O2. The molecule has 0 amide bonds. The Morgan fingerprint density at radius 2 is 1.83 bits per heavy atom. The van der Waals surface area contributed by atoms with Gasteiger partial charge in [-0.05, 0) is 66.7 Å². The maximum atomic E-state index is 11.9. The van der Waals surface area contributed by atoms with Crippen molar-refractivity contribution in [2.75, 3.05) is 16.8 Å². The lowest BCUT2D eigenvalue weighted by molar-refractivity contribution is -0.148. The van der Waals surface area contributed by atoms with Gasteiger partial charge in [-0.3, -0.25) is 4.79 Å². The van der Waals surface area contributed by atoms with Crippen LogP contribution in [-0.2, 0) is 17.8 Å². The molecule has 2 aromatic rings. The molecule has 29 heavy (non-hydrogen) atoms. The van der Waals surface area contributed by atoms with Crippen molar-refractivity contribution in [3.8, 4) is 0 Å². The van der Waals surface area contributed by atoms with Crippen LogP contribution in [-0.4, -0.2) is 33.6 Å². The molecule has 6 rings (SSSR count). The van der Waals surface area contributed by atoms with E-state index >= 15 is 0 Å². The zero-order valence-electron chi connectivity index (χ0n) is 16.2. The molecule has 0 saturated heterocycles. The van der Waals surface area contributed by atoms with Gasteiger partial charge in [0.05, 0.1) is 5.92 Å². The summed E-state index contributed by atoms with van der Waals surface area (Å²) in [5, 5.41) is 13.4. The smallest absolute Gasteiger partial charge is 0.308 e. The highest BCUT2D eigenvalue weighted by Crippen LogP contribution is 2.46. The number of anilines is 2. The van der Waals surface area contributed by atoms with E-state index in [2.05, 4.69) is 44.5 Å². The minimum atomic E-state index is -0.704. The monoisotopic (exact) mass is 412 g/mol. The zero-order valence-corrected chi connectivity index (χ0v) is 17.0. The molecule has 2 N–H and O–H groups in total.